The van der Waals surface area contributed by atoms with Gasteiger partial charge in [0.15, 0.2) is 5.76 Å². The third-order valence-electron chi connectivity index (χ3n) is 5.96. The third-order valence-corrected chi connectivity index (χ3v) is 5.96. The molecule has 4 aliphatic heterocycles. The summed E-state index contributed by atoms with van der Waals surface area (Å²) in [6, 6.07) is 3.54. The van der Waals surface area contributed by atoms with Crippen molar-refractivity contribution >= 4 is 22.8 Å². The fraction of sp³-hybridized carbons (Fsp3) is 0.526. The molecule has 0 spiro atoms. The minimum atomic E-state index is -0.169. The largest absolute Gasteiger partial charge is 0.451 e. The first-order chi connectivity index (χ1) is 12.7. The number of rotatable bonds is 3. The highest BCUT2D eigenvalue weighted by Gasteiger charge is 2.35. The number of nitrogens with zero attached hydrogens (tertiary/aromatic N) is 3. The molecule has 7 heteroatoms. The first-order valence-corrected chi connectivity index (χ1v) is 9.39. The van der Waals surface area contributed by atoms with Gasteiger partial charge in [0, 0.05) is 43.3 Å². The van der Waals surface area contributed by atoms with Crippen LogP contribution in [0.2, 0.25) is 0 Å². The van der Waals surface area contributed by atoms with Gasteiger partial charge in [-0.15, -0.1) is 0 Å². The van der Waals surface area contributed by atoms with Crippen LogP contribution in [0.1, 0.15) is 40.3 Å². The normalized spacial score (nSPS) is 27.4. The number of hydrogen-bond acceptors (Lipinski definition) is 5. The lowest BCUT2D eigenvalue weighted by atomic mass is 9.84. The van der Waals surface area contributed by atoms with Gasteiger partial charge in [0.25, 0.3) is 11.8 Å². The van der Waals surface area contributed by atoms with Gasteiger partial charge < -0.3 is 19.5 Å². The van der Waals surface area contributed by atoms with Crippen molar-refractivity contribution in [2.24, 2.45) is 5.92 Å². The van der Waals surface area contributed by atoms with Gasteiger partial charge in [-0.2, -0.15) is 0 Å². The molecular formula is C19H22N4O3. The van der Waals surface area contributed by atoms with Crippen LogP contribution in [-0.2, 0) is 0 Å². The van der Waals surface area contributed by atoms with Gasteiger partial charge >= 0.3 is 0 Å². The fourth-order valence-electron chi connectivity index (χ4n) is 4.21. The lowest BCUT2D eigenvalue weighted by Crippen LogP contribution is -2.57. The highest BCUT2D eigenvalue weighted by Crippen LogP contribution is 2.28. The molecule has 6 heterocycles. The van der Waals surface area contributed by atoms with Crippen molar-refractivity contribution in [2.45, 2.75) is 25.3 Å². The van der Waals surface area contributed by atoms with Crippen LogP contribution < -0.4 is 5.32 Å². The molecule has 0 aromatic carbocycles. The molecule has 136 valence electrons. The van der Waals surface area contributed by atoms with Crippen LogP contribution in [0.3, 0.4) is 0 Å². The summed E-state index contributed by atoms with van der Waals surface area (Å²) in [5.74, 6) is 0.622. The van der Waals surface area contributed by atoms with E-state index in [9.17, 15) is 9.59 Å². The molecule has 4 fully saturated rings. The molecule has 2 bridgehead atoms. The topological polar surface area (TPSA) is 78.7 Å². The molecule has 2 amide bonds. The molecule has 1 atom stereocenters. The van der Waals surface area contributed by atoms with Crippen molar-refractivity contribution in [2.75, 3.05) is 32.7 Å². The Morgan fingerprint density at radius 2 is 1.96 bits per heavy atom. The molecular weight excluding hydrogens is 332 g/mol. The Morgan fingerprint density at radius 1 is 1.15 bits per heavy atom. The maximum Gasteiger partial charge on any atom is 0.289 e. The number of piperidine rings is 3. The second kappa shape index (κ2) is 6.09. The maximum atomic E-state index is 12.6. The molecule has 0 radical (unpaired) electrons. The number of hydrogen-bond donors (Lipinski definition) is 1. The summed E-state index contributed by atoms with van der Waals surface area (Å²) in [7, 11) is 0. The predicted molar refractivity (Wildman–Crippen MR) is 94.9 cm³/mol. The second-order valence-electron chi connectivity index (χ2n) is 7.58. The average Bonchev–Trinajstić information content (AvgIpc) is 3.04. The Hall–Kier alpha value is -2.41. The molecule has 7 nitrogen and oxygen atoms in total. The van der Waals surface area contributed by atoms with Crippen molar-refractivity contribution in [3.63, 3.8) is 0 Å². The van der Waals surface area contributed by atoms with E-state index in [0.717, 1.165) is 57.4 Å². The molecule has 2 aromatic heterocycles. The van der Waals surface area contributed by atoms with E-state index in [0.29, 0.717) is 23.0 Å². The Kier molecular flexibility index (Phi) is 3.70. The summed E-state index contributed by atoms with van der Waals surface area (Å²) in [6.45, 7) is 4.76. The van der Waals surface area contributed by atoms with E-state index in [1.807, 2.05) is 0 Å². The second-order valence-corrected chi connectivity index (χ2v) is 7.58. The van der Waals surface area contributed by atoms with E-state index in [4.69, 9.17) is 4.42 Å². The van der Waals surface area contributed by atoms with Gasteiger partial charge in [-0.3, -0.25) is 14.6 Å². The lowest BCUT2D eigenvalue weighted by Gasteiger charge is -2.44. The van der Waals surface area contributed by atoms with Gasteiger partial charge in [0.05, 0.1) is 0 Å². The van der Waals surface area contributed by atoms with Gasteiger partial charge in [-0.1, -0.05) is 0 Å². The molecule has 4 saturated heterocycles. The van der Waals surface area contributed by atoms with Gasteiger partial charge in [-0.05, 0) is 44.3 Å². The summed E-state index contributed by atoms with van der Waals surface area (Å²) in [4.78, 5) is 33.3. The molecule has 1 N–H and O–H groups in total. The molecule has 0 aliphatic carbocycles. The highest BCUT2D eigenvalue weighted by atomic mass is 16.3. The predicted octanol–water partition coefficient (Wildman–Crippen LogP) is 1.50. The molecule has 2 aromatic rings. The minimum absolute atomic E-state index is 0.0919. The van der Waals surface area contributed by atoms with Crippen LogP contribution in [0.5, 0.6) is 0 Å². The van der Waals surface area contributed by atoms with Crippen molar-refractivity contribution in [3.8, 4) is 0 Å². The standard InChI is InChI=1S/C19H22N4O3/c24-18(21-15-11-22-6-2-12(15)3-7-22)14-9-16-13(10-20-14)8-17(26-16)19(25)23-4-1-5-23/h8-10,12,15H,1-7,11H2,(H,21,24). The van der Waals surface area contributed by atoms with E-state index >= 15 is 0 Å². The number of aromatic nitrogens is 1. The Bertz CT molecular complexity index is 865. The number of carbonyl (C=O) groups excluding carboxylic acids is 2. The van der Waals surface area contributed by atoms with Crippen molar-refractivity contribution in [1.29, 1.82) is 0 Å². The monoisotopic (exact) mass is 354 g/mol. The molecule has 6 rings (SSSR count). The number of furan rings is 1. The zero-order chi connectivity index (χ0) is 17.7. The van der Waals surface area contributed by atoms with E-state index in [1.54, 1.807) is 23.2 Å². The number of amides is 2. The third kappa shape index (κ3) is 2.67. The minimum Gasteiger partial charge on any atom is -0.451 e. The van der Waals surface area contributed by atoms with Crippen LogP contribution in [-0.4, -0.2) is 65.4 Å². The van der Waals surface area contributed by atoms with E-state index in [1.165, 1.54) is 0 Å². The summed E-state index contributed by atoms with van der Waals surface area (Å²) in [5.41, 5.74) is 0.870. The highest BCUT2D eigenvalue weighted by molar-refractivity contribution is 5.99. The van der Waals surface area contributed by atoms with Gasteiger partial charge in [0.1, 0.15) is 11.3 Å². The molecule has 1 unspecified atom stereocenters. The summed E-state index contributed by atoms with van der Waals surface area (Å²) in [6.07, 6.45) is 4.95. The van der Waals surface area contributed by atoms with Crippen molar-refractivity contribution in [3.05, 3.63) is 29.8 Å². The summed E-state index contributed by atoms with van der Waals surface area (Å²) >= 11 is 0. The SMILES string of the molecule is O=C(NC1CN2CCC1CC2)c1cc2oc(C(=O)N3CCC3)cc2cn1. The van der Waals surface area contributed by atoms with Crippen LogP contribution in [0.25, 0.3) is 11.0 Å². The van der Waals surface area contributed by atoms with Crippen LogP contribution in [0.15, 0.2) is 22.7 Å². The number of nitrogens with one attached hydrogen (secondary N) is 1. The van der Waals surface area contributed by atoms with E-state index in [2.05, 4.69) is 15.2 Å². The summed E-state index contributed by atoms with van der Waals surface area (Å²) < 4.78 is 5.70. The smallest absolute Gasteiger partial charge is 0.289 e. The zero-order valence-electron chi connectivity index (χ0n) is 14.6. The Labute approximate surface area is 151 Å². The Morgan fingerprint density at radius 3 is 2.62 bits per heavy atom. The quantitative estimate of drug-likeness (QED) is 0.904. The van der Waals surface area contributed by atoms with Crippen molar-refractivity contribution in [1.82, 2.24) is 20.1 Å². The molecule has 4 aliphatic rings. The average molecular weight is 354 g/mol. The number of pyridine rings is 1. The van der Waals surface area contributed by atoms with Crippen LogP contribution >= 0.6 is 0 Å². The fourth-order valence-corrected chi connectivity index (χ4v) is 4.21. The van der Waals surface area contributed by atoms with E-state index < -0.39 is 0 Å². The van der Waals surface area contributed by atoms with E-state index in [-0.39, 0.29) is 17.9 Å². The van der Waals surface area contributed by atoms with Gasteiger partial charge in [0.2, 0.25) is 0 Å². The molecule has 26 heavy (non-hydrogen) atoms. The zero-order valence-corrected chi connectivity index (χ0v) is 14.6. The lowest BCUT2D eigenvalue weighted by molar-refractivity contribution is 0.0616. The van der Waals surface area contributed by atoms with Crippen molar-refractivity contribution < 1.29 is 14.0 Å². The first-order valence-electron chi connectivity index (χ1n) is 9.39. The number of fused-ring (bicyclic) bond motifs is 4. The number of likely N-dealkylation sites (tertiary alicyclic amines) is 1. The number of carbonyl (C=O) groups is 2. The van der Waals surface area contributed by atoms with Gasteiger partial charge in [-0.25, -0.2) is 0 Å². The molecule has 0 saturated carbocycles. The van der Waals surface area contributed by atoms with Crippen LogP contribution in [0, 0.1) is 5.92 Å². The Balaban J connectivity index is 1.33. The maximum absolute atomic E-state index is 12.6. The summed E-state index contributed by atoms with van der Waals surface area (Å²) in [5, 5.41) is 3.88. The first kappa shape index (κ1) is 15.8. The van der Waals surface area contributed by atoms with Crippen LogP contribution in [0.4, 0.5) is 0 Å².